The number of carbonyl (C=O) groups excluding carboxylic acids is 2. The fraction of sp³-hybridized carbons (Fsp3) is 0.333. The first-order valence-corrected chi connectivity index (χ1v) is 5.70. The molecule has 0 saturated heterocycles. The van der Waals surface area contributed by atoms with Gasteiger partial charge in [0.25, 0.3) is 5.69 Å². The van der Waals surface area contributed by atoms with E-state index in [1.54, 1.807) is 0 Å². The van der Waals surface area contributed by atoms with Crippen molar-refractivity contribution in [2.75, 3.05) is 4.90 Å². The SMILES string of the molecule is CC(=O)c1cc2c(cc1[N+](=O)[O-])N(C(C)=O)C(N)C2. The molecule has 1 aliphatic heterocycles. The molecule has 1 amide bonds. The standard InChI is InChI=1S/C12H13N3O4/c1-6(16)9-3-8-4-12(13)14(7(2)17)10(8)5-11(9)15(18)19/h3,5,12H,4,13H2,1-2H3. The molecule has 0 saturated carbocycles. The van der Waals surface area contributed by atoms with Crippen LogP contribution in [0, 0.1) is 10.1 Å². The Balaban J connectivity index is 2.65. The van der Waals surface area contributed by atoms with Gasteiger partial charge in [-0.2, -0.15) is 0 Å². The summed E-state index contributed by atoms with van der Waals surface area (Å²) in [6, 6.07) is 2.71. The summed E-state index contributed by atoms with van der Waals surface area (Å²) in [5.74, 6) is -0.666. The average molecular weight is 263 g/mol. The highest BCUT2D eigenvalue weighted by atomic mass is 16.6. The number of amides is 1. The maximum Gasteiger partial charge on any atom is 0.282 e. The molecule has 0 radical (unpaired) electrons. The zero-order valence-electron chi connectivity index (χ0n) is 10.5. The minimum atomic E-state index is -0.626. The van der Waals surface area contributed by atoms with Crippen molar-refractivity contribution in [2.24, 2.45) is 5.73 Å². The highest BCUT2D eigenvalue weighted by molar-refractivity contribution is 6.01. The van der Waals surface area contributed by atoms with E-state index in [1.165, 1.54) is 30.9 Å². The van der Waals surface area contributed by atoms with Crippen molar-refractivity contribution in [1.29, 1.82) is 0 Å². The molecule has 2 rings (SSSR count). The summed E-state index contributed by atoms with van der Waals surface area (Å²) < 4.78 is 0. The summed E-state index contributed by atoms with van der Waals surface area (Å²) in [7, 11) is 0. The molecule has 0 bridgehead atoms. The zero-order valence-corrected chi connectivity index (χ0v) is 10.5. The van der Waals surface area contributed by atoms with E-state index < -0.39 is 11.1 Å². The van der Waals surface area contributed by atoms with Gasteiger partial charge in [-0.1, -0.05) is 0 Å². The molecule has 1 aromatic carbocycles. The third kappa shape index (κ3) is 2.08. The molecule has 7 heteroatoms. The molecule has 7 nitrogen and oxygen atoms in total. The lowest BCUT2D eigenvalue weighted by Gasteiger charge is -2.20. The van der Waals surface area contributed by atoms with Gasteiger partial charge in [-0.05, 0) is 18.6 Å². The van der Waals surface area contributed by atoms with E-state index in [4.69, 9.17) is 5.73 Å². The Hall–Kier alpha value is -2.28. The number of hydrogen-bond donors (Lipinski definition) is 1. The van der Waals surface area contributed by atoms with Crippen LogP contribution in [-0.2, 0) is 11.2 Å². The van der Waals surface area contributed by atoms with Crippen LogP contribution in [-0.4, -0.2) is 22.8 Å². The van der Waals surface area contributed by atoms with E-state index in [-0.39, 0.29) is 22.9 Å². The van der Waals surface area contributed by atoms with Crippen LogP contribution in [0.4, 0.5) is 11.4 Å². The normalized spacial score (nSPS) is 17.2. The number of fused-ring (bicyclic) bond motifs is 1. The Kier molecular flexibility index (Phi) is 3.07. The first-order valence-electron chi connectivity index (χ1n) is 5.70. The van der Waals surface area contributed by atoms with Gasteiger partial charge in [0, 0.05) is 19.4 Å². The van der Waals surface area contributed by atoms with E-state index in [1.807, 2.05) is 0 Å². The van der Waals surface area contributed by atoms with Crippen LogP contribution in [0.3, 0.4) is 0 Å². The third-order valence-corrected chi connectivity index (χ3v) is 3.13. The molecular weight excluding hydrogens is 250 g/mol. The number of Topliss-reactive ketones (excluding diaryl/α,β-unsaturated/α-hetero) is 1. The Morgan fingerprint density at radius 2 is 2.05 bits per heavy atom. The summed E-state index contributed by atoms with van der Waals surface area (Å²) >= 11 is 0. The molecule has 1 atom stereocenters. The van der Waals surface area contributed by atoms with Gasteiger partial charge >= 0.3 is 0 Å². The highest BCUT2D eigenvalue weighted by Crippen LogP contribution is 2.36. The van der Waals surface area contributed by atoms with Crippen molar-refractivity contribution < 1.29 is 14.5 Å². The summed E-state index contributed by atoms with van der Waals surface area (Å²) in [5.41, 5.74) is 6.67. The maximum absolute atomic E-state index is 11.5. The van der Waals surface area contributed by atoms with Crippen molar-refractivity contribution in [3.8, 4) is 0 Å². The smallest absolute Gasteiger partial charge is 0.282 e. The molecule has 0 aromatic heterocycles. The van der Waals surface area contributed by atoms with Crippen LogP contribution in [0.2, 0.25) is 0 Å². The van der Waals surface area contributed by atoms with Gasteiger partial charge in [0.1, 0.15) is 0 Å². The summed E-state index contributed by atoms with van der Waals surface area (Å²) in [6.07, 6.45) is -0.165. The predicted octanol–water partition coefficient (Wildman–Crippen LogP) is 0.991. The average Bonchev–Trinajstić information content (AvgIpc) is 2.61. The second-order valence-electron chi connectivity index (χ2n) is 4.47. The number of benzene rings is 1. The Bertz CT molecular complexity index is 597. The molecule has 1 aliphatic rings. The van der Waals surface area contributed by atoms with Crippen LogP contribution < -0.4 is 10.6 Å². The fourth-order valence-corrected chi connectivity index (χ4v) is 2.34. The molecule has 0 aliphatic carbocycles. The number of hydrogen-bond acceptors (Lipinski definition) is 5. The third-order valence-electron chi connectivity index (χ3n) is 3.13. The highest BCUT2D eigenvalue weighted by Gasteiger charge is 2.33. The summed E-state index contributed by atoms with van der Waals surface area (Å²) in [6.45, 7) is 2.62. The van der Waals surface area contributed by atoms with Gasteiger partial charge in [0.05, 0.1) is 22.3 Å². The van der Waals surface area contributed by atoms with Crippen LogP contribution in [0.25, 0.3) is 0 Å². The van der Waals surface area contributed by atoms with Gasteiger partial charge < -0.3 is 5.73 Å². The first kappa shape index (κ1) is 13.2. The van der Waals surface area contributed by atoms with Gasteiger partial charge in [0.2, 0.25) is 5.91 Å². The van der Waals surface area contributed by atoms with Gasteiger partial charge in [-0.25, -0.2) is 0 Å². The molecule has 19 heavy (non-hydrogen) atoms. The minimum Gasteiger partial charge on any atom is -0.311 e. The van der Waals surface area contributed by atoms with Crippen molar-refractivity contribution >= 4 is 23.1 Å². The quantitative estimate of drug-likeness (QED) is 0.486. The number of ketones is 1. The molecule has 0 fully saturated rings. The molecular formula is C12H13N3O4. The number of rotatable bonds is 2. The lowest BCUT2D eigenvalue weighted by molar-refractivity contribution is -0.385. The Morgan fingerprint density at radius 1 is 1.42 bits per heavy atom. The molecule has 1 unspecified atom stereocenters. The van der Waals surface area contributed by atoms with Crippen molar-refractivity contribution in [1.82, 2.24) is 0 Å². The van der Waals surface area contributed by atoms with Crippen molar-refractivity contribution in [3.63, 3.8) is 0 Å². The minimum absolute atomic E-state index is 0.0429. The molecule has 0 spiro atoms. The maximum atomic E-state index is 11.5. The number of nitrogens with zero attached hydrogens (tertiary/aromatic N) is 2. The second kappa shape index (κ2) is 4.43. The largest absolute Gasteiger partial charge is 0.311 e. The second-order valence-corrected chi connectivity index (χ2v) is 4.47. The lowest BCUT2D eigenvalue weighted by atomic mass is 10.0. The Labute approximate surface area is 109 Å². The van der Waals surface area contributed by atoms with Crippen LogP contribution in [0.1, 0.15) is 29.8 Å². The summed E-state index contributed by atoms with van der Waals surface area (Å²) in [5, 5.41) is 11.0. The van der Waals surface area contributed by atoms with Gasteiger partial charge in [-0.3, -0.25) is 24.6 Å². The van der Waals surface area contributed by atoms with E-state index in [0.29, 0.717) is 17.7 Å². The first-order chi connectivity index (χ1) is 8.82. The van der Waals surface area contributed by atoms with Crippen molar-refractivity contribution in [3.05, 3.63) is 33.4 Å². The van der Waals surface area contributed by atoms with Crippen molar-refractivity contribution in [2.45, 2.75) is 26.4 Å². The zero-order chi connectivity index (χ0) is 14.3. The topological polar surface area (TPSA) is 107 Å². The molecule has 2 N–H and O–H groups in total. The monoisotopic (exact) mass is 263 g/mol. The number of nitrogens with two attached hydrogens (primary N) is 1. The Morgan fingerprint density at radius 3 is 2.53 bits per heavy atom. The molecule has 100 valence electrons. The van der Waals surface area contributed by atoms with E-state index in [0.717, 1.165) is 0 Å². The fourth-order valence-electron chi connectivity index (χ4n) is 2.34. The van der Waals surface area contributed by atoms with E-state index in [9.17, 15) is 19.7 Å². The predicted molar refractivity (Wildman–Crippen MR) is 67.9 cm³/mol. The number of carbonyl (C=O) groups is 2. The molecule has 1 heterocycles. The van der Waals surface area contributed by atoms with Crippen LogP contribution in [0.5, 0.6) is 0 Å². The van der Waals surface area contributed by atoms with Crippen LogP contribution >= 0.6 is 0 Å². The number of anilines is 1. The van der Waals surface area contributed by atoms with Gasteiger partial charge in [0.15, 0.2) is 5.78 Å². The lowest BCUT2D eigenvalue weighted by Crippen LogP contribution is -2.42. The van der Waals surface area contributed by atoms with E-state index >= 15 is 0 Å². The van der Waals surface area contributed by atoms with Gasteiger partial charge in [-0.15, -0.1) is 0 Å². The number of nitro groups is 1. The molecule has 1 aromatic rings. The number of nitro benzene ring substituents is 1. The van der Waals surface area contributed by atoms with Crippen LogP contribution in [0.15, 0.2) is 12.1 Å². The van der Waals surface area contributed by atoms with E-state index in [2.05, 4.69) is 0 Å². The summed E-state index contributed by atoms with van der Waals surface area (Å²) in [4.78, 5) is 34.7.